The summed E-state index contributed by atoms with van der Waals surface area (Å²) in [5, 5.41) is 11.3. The van der Waals surface area contributed by atoms with Crippen molar-refractivity contribution < 1.29 is 28.7 Å². The van der Waals surface area contributed by atoms with Crippen molar-refractivity contribution in [2.24, 2.45) is 4.99 Å². The predicted octanol–water partition coefficient (Wildman–Crippen LogP) is 5.94. The molecule has 0 atom stereocenters. The minimum atomic E-state index is -0.706. The maximum Gasteiger partial charge on any atom is 0.363 e. The van der Waals surface area contributed by atoms with E-state index < -0.39 is 16.9 Å². The van der Waals surface area contributed by atoms with Crippen molar-refractivity contribution >= 4 is 45.5 Å². The van der Waals surface area contributed by atoms with Gasteiger partial charge in [-0.3, -0.25) is 10.1 Å². The van der Waals surface area contributed by atoms with Crippen LogP contribution >= 0.6 is 15.9 Å². The maximum absolute atomic E-state index is 12.7. The molecule has 37 heavy (non-hydrogen) atoms. The highest BCUT2D eigenvalue weighted by Gasteiger charge is 2.26. The summed E-state index contributed by atoms with van der Waals surface area (Å²) in [6.45, 7) is 5.59. The SMILES string of the molecule is CCOc1cc(/C=C2\N=C(c3ccc(C)c([N+](=O)[O-])c3)OC2=O)cc(Br)c1OC(=O)c1cccc(C)c1. The molecule has 0 aromatic heterocycles. The molecule has 1 aliphatic rings. The van der Waals surface area contributed by atoms with Gasteiger partial charge in [-0.05, 0) is 78.7 Å². The quantitative estimate of drug-likeness (QED) is 0.114. The second kappa shape index (κ2) is 10.8. The number of cyclic esters (lactones) is 1. The van der Waals surface area contributed by atoms with E-state index in [4.69, 9.17) is 14.2 Å². The molecule has 4 rings (SSSR count). The smallest absolute Gasteiger partial charge is 0.363 e. The van der Waals surface area contributed by atoms with Gasteiger partial charge in [0.15, 0.2) is 17.2 Å². The average molecular weight is 565 g/mol. The molecule has 0 fully saturated rings. The molecule has 0 N–H and O–H groups in total. The summed E-state index contributed by atoms with van der Waals surface area (Å²) in [5.41, 5.74) is 2.52. The number of aliphatic imine (C=N–C) groups is 1. The predicted molar refractivity (Wildman–Crippen MR) is 140 cm³/mol. The van der Waals surface area contributed by atoms with E-state index in [0.717, 1.165) is 5.56 Å². The van der Waals surface area contributed by atoms with E-state index in [0.29, 0.717) is 33.3 Å². The molecular weight excluding hydrogens is 544 g/mol. The number of halogens is 1. The molecule has 10 heteroatoms. The van der Waals surface area contributed by atoms with Crippen LogP contribution in [0.2, 0.25) is 0 Å². The Hall–Kier alpha value is -4.31. The molecule has 0 bridgehead atoms. The van der Waals surface area contributed by atoms with Crippen LogP contribution in [-0.2, 0) is 9.53 Å². The summed E-state index contributed by atoms with van der Waals surface area (Å²) in [6.07, 6.45) is 1.48. The molecule has 0 unspecified atom stereocenters. The van der Waals surface area contributed by atoms with Gasteiger partial charge in [0.2, 0.25) is 5.90 Å². The van der Waals surface area contributed by atoms with Crippen LogP contribution in [0.5, 0.6) is 11.5 Å². The lowest BCUT2D eigenvalue weighted by Gasteiger charge is -2.14. The van der Waals surface area contributed by atoms with E-state index in [1.165, 1.54) is 12.1 Å². The fraction of sp³-hybridized carbons (Fsp3) is 0.148. The van der Waals surface area contributed by atoms with Crippen molar-refractivity contribution in [1.82, 2.24) is 0 Å². The first-order valence-corrected chi connectivity index (χ1v) is 12.0. The van der Waals surface area contributed by atoms with Gasteiger partial charge in [0.05, 0.1) is 21.6 Å². The number of nitro groups is 1. The molecule has 0 saturated carbocycles. The number of carbonyl (C=O) groups is 2. The Kier molecular flexibility index (Phi) is 7.49. The van der Waals surface area contributed by atoms with E-state index in [2.05, 4.69) is 20.9 Å². The number of hydrogen-bond acceptors (Lipinski definition) is 8. The summed E-state index contributed by atoms with van der Waals surface area (Å²) < 4.78 is 17.0. The largest absolute Gasteiger partial charge is 0.490 e. The molecule has 1 aliphatic heterocycles. The first-order chi connectivity index (χ1) is 17.7. The van der Waals surface area contributed by atoms with E-state index in [9.17, 15) is 19.7 Å². The fourth-order valence-electron chi connectivity index (χ4n) is 3.59. The van der Waals surface area contributed by atoms with Crippen LogP contribution in [0, 0.1) is 24.0 Å². The third-order valence-corrected chi connectivity index (χ3v) is 5.95. The molecule has 0 saturated heterocycles. The molecule has 0 aliphatic carbocycles. The van der Waals surface area contributed by atoms with Gasteiger partial charge in [0, 0.05) is 17.2 Å². The molecule has 0 spiro atoms. The van der Waals surface area contributed by atoms with Crippen molar-refractivity contribution in [2.75, 3.05) is 6.61 Å². The Morgan fingerprint density at radius 3 is 2.65 bits per heavy atom. The number of carbonyl (C=O) groups excluding carboxylic acids is 2. The number of nitrogens with zero attached hydrogens (tertiary/aromatic N) is 2. The van der Waals surface area contributed by atoms with Gasteiger partial charge >= 0.3 is 11.9 Å². The lowest BCUT2D eigenvalue weighted by molar-refractivity contribution is -0.385. The van der Waals surface area contributed by atoms with Gasteiger partial charge in [-0.25, -0.2) is 14.6 Å². The lowest BCUT2D eigenvalue weighted by Crippen LogP contribution is -2.10. The number of nitro benzene ring substituents is 1. The Balaban J connectivity index is 1.66. The molecule has 3 aromatic rings. The molecule has 188 valence electrons. The highest BCUT2D eigenvalue weighted by Crippen LogP contribution is 2.38. The van der Waals surface area contributed by atoms with Crippen molar-refractivity contribution in [3.05, 3.63) is 103 Å². The molecule has 9 nitrogen and oxygen atoms in total. The monoisotopic (exact) mass is 564 g/mol. The number of aryl methyl sites for hydroxylation is 2. The summed E-state index contributed by atoms with van der Waals surface area (Å²) in [7, 11) is 0. The summed E-state index contributed by atoms with van der Waals surface area (Å²) in [5.74, 6) is -0.804. The van der Waals surface area contributed by atoms with Crippen LogP contribution in [0.3, 0.4) is 0 Å². The third kappa shape index (κ3) is 5.75. The van der Waals surface area contributed by atoms with E-state index in [1.54, 1.807) is 56.3 Å². The van der Waals surface area contributed by atoms with E-state index in [1.807, 2.05) is 13.0 Å². The van der Waals surface area contributed by atoms with Crippen LogP contribution in [0.25, 0.3) is 6.08 Å². The average Bonchev–Trinajstić information content (AvgIpc) is 3.21. The Morgan fingerprint density at radius 1 is 1.16 bits per heavy atom. The lowest BCUT2D eigenvalue weighted by atomic mass is 10.1. The van der Waals surface area contributed by atoms with Crippen LogP contribution in [0.4, 0.5) is 5.69 Å². The maximum atomic E-state index is 12.7. The van der Waals surface area contributed by atoms with Gasteiger partial charge in [0.1, 0.15) is 0 Å². The highest BCUT2D eigenvalue weighted by molar-refractivity contribution is 9.10. The Bertz CT molecular complexity index is 1490. The van der Waals surface area contributed by atoms with Gasteiger partial charge in [-0.1, -0.05) is 23.8 Å². The molecule has 0 radical (unpaired) electrons. The standard InChI is InChI=1S/C27H21BrN2O7/c1-4-35-23-13-17(11-20(28)24(23)36-26(31)19-7-5-6-15(2)10-19)12-21-27(32)37-25(29-21)18-9-8-16(3)22(14-18)30(33)34/h5-14H,4H2,1-3H3/b21-12-. The van der Waals surface area contributed by atoms with Crippen LogP contribution in [0.15, 0.2) is 69.8 Å². The van der Waals surface area contributed by atoms with E-state index in [-0.39, 0.29) is 28.8 Å². The zero-order valence-corrected chi connectivity index (χ0v) is 21.7. The second-order valence-corrected chi connectivity index (χ2v) is 8.97. The molecule has 0 amide bonds. The fourth-order valence-corrected chi connectivity index (χ4v) is 4.13. The minimum Gasteiger partial charge on any atom is -0.490 e. The van der Waals surface area contributed by atoms with Crippen LogP contribution < -0.4 is 9.47 Å². The topological polar surface area (TPSA) is 117 Å². The van der Waals surface area contributed by atoms with Gasteiger partial charge in [0.25, 0.3) is 5.69 Å². The van der Waals surface area contributed by atoms with E-state index >= 15 is 0 Å². The van der Waals surface area contributed by atoms with Gasteiger partial charge in [-0.2, -0.15) is 0 Å². The Morgan fingerprint density at radius 2 is 1.95 bits per heavy atom. The Labute approximate surface area is 220 Å². The number of ether oxygens (including phenoxy) is 3. The van der Waals surface area contributed by atoms with Gasteiger partial charge in [-0.15, -0.1) is 0 Å². The van der Waals surface area contributed by atoms with Crippen molar-refractivity contribution in [1.29, 1.82) is 0 Å². The van der Waals surface area contributed by atoms with Gasteiger partial charge < -0.3 is 14.2 Å². The van der Waals surface area contributed by atoms with Crippen molar-refractivity contribution in [2.45, 2.75) is 20.8 Å². The summed E-state index contributed by atoms with van der Waals surface area (Å²) in [6, 6.07) is 14.7. The van der Waals surface area contributed by atoms with Crippen LogP contribution in [0.1, 0.15) is 39.5 Å². The first-order valence-electron chi connectivity index (χ1n) is 11.2. The number of benzene rings is 3. The molecule has 1 heterocycles. The number of esters is 2. The zero-order valence-electron chi connectivity index (χ0n) is 20.1. The normalized spacial score (nSPS) is 13.8. The summed E-state index contributed by atoms with van der Waals surface area (Å²) in [4.78, 5) is 40.2. The number of rotatable bonds is 7. The van der Waals surface area contributed by atoms with Crippen molar-refractivity contribution in [3.8, 4) is 11.5 Å². The summed E-state index contributed by atoms with van der Waals surface area (Å²) >= 11 is 3.42. The highest BCUT2D eigenvalue weighted by atomic mass is 79.9. The molecular formula is C27H21BrN2O7. The van der Waals surface area contributed by atoms with Crippen molar-refractivity contribution in [3.63, 3.8) is 0 Å². The first kappa shape index (κ1) is 25.8. The second-order valence-electron chi connectivity index (χ2n) is 8.12. The minimum absolute atomic E-state index is 0.00270. The number of hydrogen-bond donors (Lipinski definition) is 0. The third-order valence-electron chi connectivity index (χ3n) is 5.36. The molecule has 3 aromatic carbocycles. The van der Waals surface area contributed by atoms with Crippen LogP contribution in [-0.4, -0.2) is 29.4 Å². The zero-order chi connectivity index (χ0) is 26.7.